The third-order valence-electron chi connectivity index (χ3n) is 8.91. The van der Waals surface area contributed by atoms with Gasteiger partial charge in [0.2, 0.25) is 12.2 Å². The summed E-state index contributed by atoms with van der Waals surface area (Å²) in [6.45, 7) is 7.71. The molecule has 0 amide bonds. The lowest BCUT2D eigenvalue weighted by molar-refractivity contribution is -0.184. The van der Waals surface area contributed by atoms with Crippen LogP contribution >= 0.6 is 0 Å². The molecular formula is C32H39NO12. The number of esters is 4. The molecule has 1 aromatic carbocycles. The van der Waals surface area contributed by atoms with Gasteiger partial charge < -0.3 is 38.8 Å². The van der Waals surface area contributed by atoms with Crippen LogP contribution in [0.4, 0.5) is 0 Å². The van der Waals surface area contributed by atoms with Crippen LogP contribution in [0.1, 0.15) is 71.4 Å². The molecule has 4 aliphatic rings. The average molecular weight is 630 g/mol. The first-order chi connectivity index (χ1) is 21.0. The molecule has 2 aliphatic carbocycles. The van der Waals surface area contributed by atoms with Gasteiger partial charge in [0.05, 0.1) is 23.9 Å². The van der Waals surface area contributed by atoms with E-state index in [1.807, 2.05) is 13.1 Å². The van der Waals surface area contributed by atoms with Crippen LogP contribution in [-0.2, 0) is 54.8 Å². The number of carbonyl (C=O) groups excluding carboxylic acids is 5. The van der Waals surface area contributed by atoms with Crippen molar-refractivity contribution in [1.82, 2.24) is 4.90 Å². The van der Waals surface area contributed by atoms with Gasteiger partial charge in [-0.2, -0.15) is 0 Å². The predicted octanol–water partition coefficient (Wildman–Crippen LogP) is 1.77. The first kappa shape index (κ1) is 32.4. The van der Waals surface area contributed by atoms with Gasteiger partial charge >= 0.3 is 23.9 Å². The molecule has 0 aromatic heterocycles. The van der Waals surface area contributed by atoms with Gasteiger partial charge in [-0.05, 0) is 71.8 Å². The number of ketones is 1. The van der Waals surface area contributed by atoms with Gasteiger partial charge in [-0.3, -0.25) is 14.4 Å². The number of phenolic OH excluding ortho intramolecular Hbond substituents is 1. The third-order valence-corrected chi connectivity index (χ3v) is 8.91. The second-order valence-electron chi connectivity index (χ2n) is 13.2. The number of hydrogen-bond donors (Lipinski definition) is 2. The third kappa shape index (κ3) is 5.67. The van der Waals surface area contributed by atoms with E-state index in [2.05, 4.69) is 4.90 Å². The van der Waals surface area contributed by atoms with E-state index in [0.29, 0.717) is 24.9 Å². The van der Waals surface area contributed by atoms with Gasteiger partial charge in [0, 0.05) is 24.9 Å². The molecule has 1 spiro atoms. The van der Waals surface area contributed by atoms with Crippen LogP contribution in [0.25, 0.3) is 0 Å². The van der Waals surface area contributed by atoms with Crippen LogP contribution in [0.5, 0.6) is 11.5 Å². The van der Waals surface area contributed by atoms with Gasteiger partial charge in [0.1, 0.15) is 17.1 Å². The number of piperidine rings is 1. The second-order valence-corrected chi connectivity index (χ2v) is 13.2. The van der Waals surface area contributed by atoms with E-state index < -0.39 is 77.4 Å². The van der Waals surface area contributed by atoms with Crippen LogP contribution in [0.15, 0.2) is 24.0 Å². The maximum atomic E-state index is 13.6. The number of ether oxygens (including phenoxy) is 5. The lowest BCUT2D eigenvalue weighted by atomic mass is 9.50. The summed E-state index contributed by atoms with van der Waals surface area (Å²) in [6, 6.07) is 3.09. The van der Waals surface area contributed by atoms with E-state index in [1.165, 1.54) is 13.0 Å². The van der Waals surface area contributed by atoms with Gasteiger partial charge in [0.25, 0.3) is 0 Å². The number of carbonyl (C=O) groups is 5. The molecule has 5 rings (SSSR count). The smallest absolute Gasteiger partial charge is 0.353 e. The number of rotatable bonds is 9. The molecule has 1 fully saturated rings. The minimum atomic E-state index is -1.75. The maximum Gasteiger partial charge on any atom is 0.353 e. The van der Waals surface area contributed by atoms with Crippen molar-refractivity contribution in [2.75, 3.05) is 13.6 Å². The van der Waals surface area contributed by atoms with Crippen LogP contribution in [0.3, 0.4) is 0 Å². The van der Waals surface area contributed by atoms with Crippen molar-refractivity contribution >= 4 is 29.7 Å². The highest BCUT2D eigenvalue weighted by Crippen LogP contribution is 2.65. The van der Waals surface area contributed by atoms with Gasteiger partial charge in [-0.1, -0.05) is 6.07 Å². The minimum Gasteiger partial charge on any atom is -0.504 e. The fourth-order valence-corrected chi connectivity index (χ4v) is 7.18. The number of phenols is 1. The highest BCUT2D eigenvalue weighted by molar-refractivity contribution is 5.89. The fourth-order valence-electron chi connectivity index (χ4n) is 7.18. The van der Waals surface area contributed by atoms with Crippen LogP contribution in [-0.4, -0.2) is 93.9 Å². The van der Waals surface area contributed by atoms with E-state index in [-0.39, 0.29) is 29.7 Å². The summed E-state index contributed by atoms with van der Waals surface area (Å²) in [4.78, 5) is 65.0. The largest absolute Gasteiger partial charge is 0.504 e. The normalized spacial score (nSPS) is 27.6. The summed E-state index contributed by atoms with van der Waals surface area (Å²) >= 11 is 0. The topological polar surface area (TPSA) is 175 Å². The predicted molar refractivity (Wildman–Crippen MR) is 154 cm³/mol. The highest BCUT2D eigenvalue weighted by atomic mass is 16.6. The van der Waals surface area contributed by atoms with Crippen molar-refractivity contribution in [1.29, 1.82) is 0 Å². The number of aromatic hydroxyl groups is 1. The van der Waals surface area contributed by atoms with Crippen molar-refractivity contribution < 1.29 is 57.9 Å². The molecule has 1 aromatic rings. The van der Waals surface area contributed by atoms with Gasteiger partial charge in [-0.25, -0.2) is 9.59 Å². The minimum absolute atomic E-state index is 0.0475. The maximum absolute atomic E-state index is 13.6. The van der Waals surface area contributed by atoms with Crippen LogP contribution in [0.2, 0.25) is 0 Å². The Hall–Kier alpha value is -3.97. The molecule has 13 nitrogen and oxygen atoms in total. The number of benzene rings is 1. The Morgan fingerprint density at radius 2 is 1.76 bits per heavy atom. The van der Waals surface area contributed by atoms with E-state index in [9.17, 15) is 34.2 Å². The quantitative estimate of drug-likeness (QED) is 0.299. The Kier molecular flexibility index (Phi) is 8.24. The van der Waals surface area contributed by atoms with Crippen LogP contribution in [0, 0.1) is 0 Å². The summed E-state index contributed by atoms with van der Waals surface area (Å²) < 4.78 is 27.6. The molecule has 13 heteroatoms. The van der Waals surface area contributed by atoms with Crippen molar-refractivity contribution in [3.8, 4) is 11.5 Å². The molecule has 2 heterocycles. The standard InChI is InChI=1S/C32H39NO12/c1-16(34)13-21(43-29(39)22(41-17(2)35)15-24(37)45-30(3,4)5)28(38)42-20-9-10-32(40)23-14-18-7-8-19(36)26-25(18)31(32,27(20)44-26)11-12-33(23)6/h7-9,21-23,27,36,40H,10-15H2,1-6H3/t21-,22-,23+,27-,31-,32+/m0/s1. The van der Waals surface area contributed by atoms with E-state index in [4.69, 9.17) is 23.7 Å². The van der Waals surface area contributed by atoms with Crippen molar-refractivity contribution in [2.45, 2.75) is 108 Å². The van der Waals surface area contributed by atoms with E-state index in [1.54, 1.807) is 26.8 Å². The molecular weight excluding hydrogens is 590 g/mol. The Bertz CT molecular complexity index is 1480. The molecule has 0 radical (unpaired) electrons. The van der Waals surface area contributed by atoms with Gasteiger partial charge in [-0.15, -0.1) is 0 Å². The summed E-state index contributed by atoms with van der Waals surface area (Å²) in [6.07, 6.45) is -3.08. The number of Topliss-reactive ketones (excluding diaryl/α,β-unsaturated/α-hetero) is 1. The Labute approximate surface area is 260 Å². The molecule has 1 saturated heterocycles. The molecule has 2 N–H and O–H groups in total. The number of nitrogens with zero attached hydrogens (tertiary/aromatic N) is 1. The zero-order chi connectivity index (χ0) is 33.1. The first-order valence-electron chi connectivity index (χ1n) is 14.9. The number of likely N-dealkylation sites (N-methyl/N-ethyl adjacent to an activating group) is 1. The molecule has 2 aliphatic heterocycles. The molecule has 6 atom stereocenters. The summed E-state index contributed by atoms with van der Waals surface area (Å²) in [5.41, 5.74) is -1.59. The van der Waals surface area contributed by atoms with Crippen molar-refractivity contribution in [2.24, 2.45) is 0 Å². The van der Waals surface area contributed by atoms with Gasteiger partial charge in [0.15, 0.2) is 17.6 Å². The Morgan fingerprint density at radius 1 is 1.07 bits per heavy atom. The zero-order valence-electron chi connectivity index (χ0n) is 26.2. The number of hydrogen-bond acceptors (Lipinski definition) is 13. The SMILES string of the molecule is CC(=O)C[C@H](OC(=O)[C@H](CC(=O)OC(C)(C)C)OC(C)=O)C(=O)OC1=CC[C@@]2(O)[C@H]3Cc4ccc(O)c5c4[C@@]2(CCN3C)[C@H]1O5. The Morgan fingerprint density at radius 3 is 2.40 bits per heavy atom. The lowest BCUT2D eigenvalue weighted by Crippen LogP contribution is -2.74. The Balaban J connectivity index is 1.41. The van der Waals surface area contributed by atoms with E-state index >= 15 is 0 Å². The first-order valence-corrected chi connectivity index (χ1v) is 14.9. The number of aliphatic hydroxyl groups is 1. The summed E-state index contributed by atoms with van der Waals surface area (Å²) in [5.74, 6) is -4.41. The summed E-state index contributed by atoms with van der Waals surface area (Å²) in [7, 11) is 1.94. The molecule has 244 valence electrons. The zero-order valence-corrected chi connectivity index (χ0v) is 26.2. The average Bonchev–Trinajstić information content (AvgIpc) is 3.27. The van der Waals surface area contributed by atoms with Crippen molar-refractivity contribution in [3.05, 3.63) is 35.1 Å². The second kappa shape index (κ2) is 11.4. The highest BCUT2D eigenvalue weighted by Gasteiger charge is 2.72. The monoisotopic (exact) mass is 629 g/mol. The number of likely N-dealkylation sites (tertiary alicyclic amines) is 1. The molecule has 45 heavy (non-hydrogen) atoms. The molecule has 0 unspecified atom stereocenters. The lowest BCUT2D eigenvalue weighted by Gasteiger charge is -2.61. The van der Waals surface area contributed by atoms with E-state index in [0.717, 1.165) is 12.5 Å². The van der Waals surface area contributed by atoms with Crippen LogP contribution < -0.4 is 4.74 Å². The molecule has 2 bridgehead atoms. The summed E-state index contributed by atoms with van der Waals surface area (Å²) in [5, 5.41) is 23.0. The fraction of sp³-hybridized carbons (Fsp3) is 0.594. The van der Waals surface area contributed by atoms with Crippen molar-refractivity contribution in [3.63, 3.8) is 0 Å². The molecule has 0 saturated carbocycles.